The van der Waals surface area contributed by atoms with Crippen LogP contribution in [0.4, 0.5) is 10.1 Å². The van der Waals surface area contributed by atoms with Crippen LogP contribution in [-0.4, -0.2) is 72.7 Å². The number of hydrogen-bond acceptors (Lipinski definition) is 7. The van der Waals surface area contributed by atoms with Gasteiger partial charge in [-0.05, 0) is 70.5 Å². The first-order valence-corrected chi connectivity index (χ1v) is 13.7. The van der Waals surface area contributed by atoms with Crippen molar-refractivity contribution in [2.24, 2.45) is 0 Å². The summed E-state index contributed by atoms with van der Waals surface area (Å²) < 4.78 is 21.1. The van der Waals surface area contributed by atoms with Crippen molar-refractivity contribution in [3.8, 4) is 0 Å². The highest BCUT2D eigenvalue weighted by molar-refractivity contribution is 5.82. The number of carbonyl (C=O) groups is 3. The molecule has 0 bridgehead atoms. The number of benzene rings is 2. The summed E-state index contributed by atoms with van der Waals surface area (Å²) in [7, 11) is 3.34. The number of carbonyl (C=O) groups excluding carboxylic acids is 3. The van der Waals surface area contributed by atoms with E-state index in [9.17, 15) is 18.8 Å². The summed E-state index contributed by atoms with van der Waals surface area (Å²) in [5.74, 6) is -0.508. The van der Waals surface area contributed by atoms with Crippen LogP contribution >= 0.6 is 0 Å². The Kier molecular flexibility index (Phi) is 10.6. The lowest BCUT2D eigenvalue weighted by Gasteiger charge is -2.47. The molecule has 218 valence electrons. The molecule has 1 atom stereocenters. The largest absolute Gasteiger partial charge is 0.381 e. The van der Waals surface area contributed by atoms with Crippen LogP contribution in [0.5, 0.6) is 0 Å². The molecule has 0 spiro atoms. The highest BCUT2D eigenvalue weighted by Crippen LogP contribution is 2.29. The Labute approximate surface area is 237 Å². The molecule has 2 aromatic carbocycles. The number of halogens is 1. The summed E-state index contributed by atoms with van der Waals surface area (Å²) in [5, 5.41) is 5.96. The van der Waals surface area contributed by atoms with Crippen molar-refractivity contribution in [2.45, 2.75) is 77.4 Å². The maximum absolute atomic E-state index is 14.9. The first-order chi connectivity index (χ1) is 18.9. The number of amides is 1. The lowest BCUT2D eigenvalue weighted by atomic mass is 9.98. The van der Waals surface area contributed by atoms with Crippen molar-refractivity contribution >= 4 is 24.2 Å². The minimum atomic E-state index is -0.535. The van der Waals surface area contributed by atoms with Gasteiger partial charge in [-0.2, -0.15) is 0 Å². The monoisotopic (exact) mass is 554 g/mol. The molecule has 0 saturated carbocycles. The van der Waals surface area contributed by atoms with Crippen LogP contribution in [0.25, 0.3) is 0 Å². The Hall–Kier alpha value is -3.14. The number of hydrogen-bond donors (Lipinski definition) is 2. The van der Waals surface area contributed by atoms with Gasteiger partial charge in [0.1, 0.15) is 18.4 Å². The molecule has 1 heterocycles. The third-order valence-electron chi connectivity index (χ3n) is 7.13. The maximum Gasteiger partial charge on any atom is 0.237 e. The molecular weight excluding hydrogens is 511 g/mol. The normalized spacial score (nSPS) is 17.3. The van der Waals surface area contributed by atoms with Gasteiger partial charge in [-0.3, -0.25) is 19.4 Å². The van der Waals surface area contributed by atoms with E-state index in [2.05, 4.69) is 43.2 Å². The number of nitrogens with zero attached hydrogens (tertiary/aromatic N) is 2. The zero-order valence-electron chi connectivity index (χ0n) is 24.6. The van der Waals surface area contributed by atoms with Crippen molar-refractivity contribution in [1.82, 2.24) is 15.1 Å². The molecule has 0 aromatic heterocycles. The number of anilines is 1. The summed E-state index contributed by atoms with van der Waals surface area (Å²) in [6.45, 7) is 11.1. The molecule has 2 N–H and O–H groups in total. The fourth-order valence-electron chi connectivity index (χ4n) is 5.73. The predicted octanol–water partition coefficient (Wildman–Crippen LogP) is 4.17. The summed E-state index contributed by atoms with van der Waals surface area (Å²) in [6, 6.07) is 10.00. The van der Waals surface area contributed by atoms with Crippen LogP contribution in [0.3, 0.4) is 0 Å². The number of nitrogens with one attached hydrogen (secondary N) is 2. The van der Waals surface area contributed by atoms with Gasteiger partial charge in [0.15, 0.2) is 0 Å². The third kappa shape index (κ3) is 8.43. The van der Waals surface area contributed by atoms with Crippen LogP contribution < -0.4 is 10.6 Å². The summed E-state index contributed by atoms with van der Waals surface area (Å²) in [5.41, 5.74) is 2.85. The molecule has 8 nitrogen and oxygen atoms in total. The molecule has 1 saturated heterocycles. The van der Waals surface area contributed by atoms with Crippen molar-refractivity contribution in [3.05, 3.63) is 64.5 Å². The molecule has 40 heavy (non-hydrogen) atoms. The topological polar surface area (TPSA) is 91.0 Å². The van der Waals surface area contributed by atoms with Crippen LogP contribution in [0.15, 0.2) is 36.4 Å². The van der Waals surface area contributed by atoms with Gasteiger partial charge in [0.2, 0.25) is 5.91 Å². The third-order valence-corrected chi connectivity index (χ3v) is 7.13. The van der Waals surface area contributed by atoms with Crippen LogP contribution in [0.1, 0.15) is 67.6 Å². The number of rotatable bonds is 13. The molecule has 0 aliphatic carbocycles. The lowest BCUT2D eigenvalue weighted by molar-refractivity contribution is -0.182. The fourth-order valence-corrected chi connectivity index (χ4v) is 5.73. The van der Waals surface area contributed by atoms with E-state index >= 15 is 0 Å². The van der Waals surface area contributed by atoms with Crippen molar-refractivity contribution in [3.63, 3.8) is 0 Å². The van der Waals surface area contributed by atoms with Gasteiger partial charge in [-0.15, -0.1) is 0 Å². The van der Waals surface area contributed by atoms with E-state index < -0.39 is 6.04 Å². The van der Waals surface area contributed by atoms with Gasteiger partial charge in [-0.25, -0.2) is 4.39 Å². The molecule has 0 radical (unpaired) electrons. The second-order valence-electron chi connectivity index (χ2n) is 11.8. The standard InChI is InChI=1S/C31H43FN4O4/c1-30(2)20-36(21-31(3,4)40-30)17-22-12-13-26(32)24(15-22)16-34-27-10-7-9-23(19-38)25(27)18-35(6)28(11-8-14-37)29(39)33-5/h7,9-10,12-15,19,28,34H,8,11,16-18,20-21H2,1-6H3,(H,33,39). The highest BCUT2D eigenvalue weighted by Gasteiger charge is 2.38. The van der Waals surface area contributed by atoms with Crippen LogP contribution in [0, 0.1) is 5.82 Å². The number of aldehydes is 2. The van der Waals surface area contributed by atoms with Crippen LogP contribution in [0.2, 0.25) is 0 Å². The van der Waals surface area contributed by atoms with E-state index in [1.54, 1.807) is 26.2 Å². The zero-order valence-corrected chi connectivity index (χ0v) is 24.6. The molecular formula is C31H43FN4O4. The Morgan fingerprint density at radius 1 is 1.15 bits per heavy atom. The van der Waals surface area contributed by atoms with E-state index in [1.165, 1.54) is 6.07 Å². The van der Waals surface area contributed by atoms with E-state index in [0.29, 0.717) is 41.9 Å². The second-order valence-corrected chi connectivity index (χ2v) is 11.8. The first kappa shape index (κ1) is 31.4. The number of ether oxygens (including phenoxy) is 1. The SMILES string of the molecule is CNC(=O)C(CCC=O)N(C)Cc1c(C=O)cccc1NCc1cc(CN2CC(C)(C)OC(C)(C)C2)ccc1F. The number of morpholine rings is 1. The van der Waals surface area contributed by atoms with Crippen LogP contribution in [-0.2, 0) is 34.0 Å². The van der Waals surface area contributed by atoms with Gasteiger partial charge in [0.25, 0.3) is 0 Å². The lowest BCUT2D eigenvalue weighted by Crippen LogP contribution is -2.56. The van der Waals surface area contributed by atoms with Gasteiger partial charge in [-0.1, -0.05) is 18.2 Å². The molecule has 1 aliphatic heterocycles. The number of likely N-dealkylation sites (N-methyl/N-ethyl adjacent to an activating group) is 2. The molecule has 9 heteroatoms. The molecule has 3 rings (SSSR count). The Morgan fingerprint density at radius 3 is 2.48 bits per heavy atom. The quantitative estimate of drug-likeness (QED) is 0.359. The zero-order chi connectivity index (χ0) is 29.5. The first-order valence-electron chi connectivity index (χ1n) is 13.7. The highest BCUT2D eigenvalue weighted by atomic mass is 19.1. The summed E-state index contributed by atoms with van der Waals surface area (Å²) >= 11 is 0. The summed E-state index contributed by atoms with van der Waals surface area (Å²) in [4.78, 5) is 39.5. The van der Waals surface area contributed by atoms with Crippen molar-refractivity contribution in [2.75, 3.05) is 32.5 Å². The van der Waals surface area contributed by atoms with E-state index in [1.807, 2.05) is 23.1 Å². The average molecular weight is 555 g/mol. The maximum atomic E-state index is 14.9. The molecule has 1 amide bonds. The van der Waals surface area contributed by atoms with Gasteiger partial charge >= 0.3 is 0 Å². The van der Waals surface area contributed by atoms with E-state index in [-0.39, 0.29) is 35.9 Å². The smallest absolute Gasteiger partial charge is 0.237 e. The molecule has 1 aliphatic rings. The average Bonchev–Trinajstić information content (AvgIpc) is 2.87. The van der Waals surface area contributed by atoms with Gasteiger partial charge < -0.3 is 20.2 Å². The second kappa shape index (κ2) is 13.5. The predicted molar refractivity (Wildman–Crippen MR) is 155 cm³/mol. The van der Waals surface area contributed by atoms with Gasteiger partial charge in [0.05, 0.1) is 17.2 Å². The minimum absolute atomic E-state index is 0.201. The van der Waals surface area contributed by atoms with E-state index in [4.69, 9.17) is 4.74 Å². The Bertz CT molecular complexity index is 1180. The molecule has 2 aromatic rings. The Morgan fingerprint density at radius 2 is 1.85 bits per heavy atom. The minimum Gasteiger partial charge on any atom is -0.381 e. The van der Waals surface area contributed by atoms with Crippen molar-refractivity contribution < 1.29 is 23.5 Å². The molecule has 1 fully saturated rings. The summed E-state index contributed by atoms with van der Waals surface area (Å²) in [6.07, 6.45) is 2.18. The molecule has 1 unspecified atom stereocenters. The Balaban J connectivity index is 1.78. The van der Waals surface area contributed by atoms with Gasteiger partial charge in [0, 0.05) is 63.0 Å². The fraction of sp³-hybridized carbons (Fsp3) is 0.516. The van der Waals surface area contributed by atoms with Crippen molar-refractivity contribution in [1.29, 1.82) is 0 Å². The van der Waals surface area contributed by atoms with E-state index in [0.717, 1.165) is 31.2 Å².